The van der Waals surface area contributed by atoms with Crippen molar-refractivity contribution in [3.05, 3.63) is 0 Å². The van der Waals surface area contributed by atoms with Gasteiger partial charge in [0, 0.05) is 6.42 Å². The third-order valence-electron chi connectivity index (χ3n) is 1.84. The molecule has 76 valence electrons. The van der Waals surface area contributed by atoms with Gasteiger partial charge in [-0.15, -0.1) is 0 Å². The van der Waals surface area contributed by atoms with Gasteiger partial charge in [0.2, 0.25) is 7.38 Å². The fourth-order valence-corrected chi connectivity index (χ4v) is 1.82. The van der Waals surface area contributed by atoms with Crippen LogP contribution < -0.4 is 0 Å². The van der Waals surface area contributed by atoms with Crippen LogP contribution in [0.2, 0.25) is 13.1 Å². The van der Waals surface area contributed by atoms with E-state index in [1.807, 2.05) is 13.1 Å². The molecule has 1 atom stereocenters. The summed E-state index contributed by atoms with van der Waals surface area (Å²) in [6, 6.07) is 0. The Labute approximate surface area is 84.1 Å². The highest BCUT2D eigenvalue weighted by molar-refractivity contribution is 7.34. The Kier molecular flexibility index (Phi) is 3.91. The van der Waals surface area contributed by atoms with Gasteiger partial charge in [0.05, 0.1) is 19.8 Å². The van der Waals surface area contributed by atoms with E-state index in [1.165, 1.54) is 0 Å². The average Bonchev–Trinajstić information content (AvgIpc) is 2.79. The molecule has 0 N–H and O–H groups in total. The maximum atomic E-state index is 11.3. The van der Waals surface area contributed by atoms with Crippen LogP contribution in [0.4, 0.5) is 0 Å². The second kappa shape index (κ2) is 4.55. The largest absolute Gasteiger partial charge is 0.378 e. The molecule has 0 aromatic rings. The van der Waals surface area contributed by atoms with E-state index < -0.39 is 7.38 Å². The van der Waals surface area contributed by atoms with Gasteiger partial charge < -0.3 is 14.3 Å². The van der Waals surface area contributed by atoms with Crippen molar-refractivity contribution in [2.24, 2.45) is 0 Å². The molecule has 0 aromatic carbocycles. The van der Waals surface area contributed by atoms with Crippen molar-refractivity contribution >= 4 is 23.9 Å². The molecule has 1 unspecified atom stereocenters. The number of hydrogen-bond acceptors (Lipinski definition) is 3. The summed E-state index contributed by atoms with van der Waals surface area (Å²) >= 11 is 5.95. The minimum Gasteiger partial charge on any atom is -0.378 e. The minimum absolute atomic E-state index is 0.158. The van der Waals surface area contributed by atoms with Crippen molar-refractivity contribution in [3.63, 3.8) is 0 Å². The lowest BCUT2D eigenvalue weighted by atomic mass is 10.5. The first-order chi connectivity index (χ1) is 6.00. The second-order valence-electron chi connectivity index (χ2n) is 3.68. The fourth-order valence-electron chi connectivity index (χ4n) is 0.841. The third kappa shape index (κ3) is 4.76. The molecule has 1 fully saturated rings. The molecular weight excluding hydrogens is 208 g/mol. The molecule has 5 heteroatoms. The van der Waals surface area contributed by atoms with E-state index in [9.17, 15) is 4.79 Å². The molecule has 0 aromatic heterocycles. The fraction of sp³-hybridized carbons (Fsp3) is 0.875. The quantitative estimate of drug-likeness (QED) is 0.295. The maximum Gasteiger partial charge on any atom is 0.224 e. The van der Waals surface area contributed by atoms with Crippen LogP contribution in [-0.2, 0) is 14.3 Å². The molecule has 0 radical (unpaired) electrons. The first-order valence-corrected chi connectivity index (χ1v) is 8.43. The molecule has 1 heterocycles. The summed E-state index contributed by atoms with van der Waals surface area (Å²) in [5.74, 6) is 0. The predicted molar refractivity (Wildman–Crippen MR) is 53.5 cm³/mol. The van der Waals surface area contributed by atoms with E-state index in [2.05, 4.69) is 0 Å². The van der Waals surface area contributed by atoms with Crippen LogP contribution in [0.25, 0.3) is 0 Å². The first-order valence-electron chi connectivity index (χ1n) is 4.41. The van der Waals surface area contributed by atoms with E-state index >= 15 is 0 Å². The van der Waals surface area contributed by atoms with Crippen LogP contribution in [0.5, 0.6) is 0 Å². The summed E-state index contributed by atoms with van der Waals surface area (Å²) in [7, 11) is -2.10. The number of rotatable bonds is 6. The Bertz CT molecular complexity index is 186. The van der Waals surface area contributed by atoms with Gasteiger partial charge in [0.25, 0.3) is 0 Å². The molecule has 0 aliphatic carbocycles. The van der Waals surface area contributed by atoms with Gasteiger partial charge >= 0.3 is 0 Å². The number of epoxide rings is 1. The van der Waals surface area contributed by atoms with Gasteiger partial charge in [-0.3, -0.25) is 0 Å². The highest BCUT2D eigenvalue weighted by Crippen LogP contribution is 2.12. The van der Waals surface area contributed by atoms with Crippen LogP contribution in [0.1, 0.15) is 6.42 Å². The molecule has 1 saturated heterocycles. The third-order valence-corrected chi connectivity index (χ3v) is 4.05. The lowest BCUT2D eigenvalue weighted by Gasteiger charge is -2.10. The van der Waals surface area contributed by atoms with Crippen LogP contribution in [-0.4, -0.2) is 38.7 Å². The summed E-state index contributed by atoms with van der Waals surface area (Å²) in [6.07, 6.45) is 0.714. The summed E-state index contributed by atoms with van der Waals surface area (Å²) in [5, 5.41) is 0.158. The van der Waals surface area contributed by atoms with Crippen LogP contribution in [0.3, 0.4) is 0 Å². The molecule has 3 nitrogen and oxygen atoms in total. The van der Waals surface area contributed by atoms with E-state index in [0.29, 0.717) is 19.6 Å². The van der Waals surface area contributed by atoms with Crippen LogP contribution >= 0.6 is 11.1 Å². The predicted octanol–water partition coefficient (Wildman–Crippen LogP) is 1.34. The summed E-state index contributed by atoms with van der Waals surface area (Å²) in [4.78, 5) is 11.3. The molecule has 13 heavy (non-hydrogen) atoms. The molecule has 0 saturated carbocycles. The molecule has 0 spiro atoms. The molecule has 0 bridgehead atoms. The normalized spacial score (nSPS) is 21.6. The standard InChI is InChI=1S/C8H15ClO3Si/c1-13(2,9)8(10)3-4-11-5-7-6-12-7/h7H,3-6H2,1-2H3. The maximum absolute atomic E-state index is 11.3. The summed E-state index contributed by atoms with van der Waals surface area (Å²) in [5.41, 5.74) is 0. The lowest BCUT2D eigenvalue weighted by Crippen LogP contribution is -2.31. The zero-order chi connectivity index (χ0) is 9.90. The zero-order valence-corrected chi connectivity index (χ0v) is 9.76. The topological polar surface area (TPSA) is 38.8 Å². The van der Waals surface area contributed by atoms with Crippen molar-refractivity contribution in [2.45, 2.75) is 25.6 Å². The minimum atomic E-state index is -2.10. The van der Waals surface area contributed by atoms with E-state index in [1.54, 1.807) is 0 Å². The molecule has 1 aliphatic rings. The molecule has 1 rings (SSSR count). The number of halogens is 1. The van der Waals surface area contributed by atoms with E-state index in [4.69, 9.17) is 20.6 Å². The van der Waals surface area contributed by atoms with Gasteiger partial charge in [0.15, 0.2) is 0 Å². The van der Waals surface area contributed by atoms with Crippen molar-refractivity contribution < 1.29 is 14.3 Å². The van der Waals surface area contributed by atoms with Gasteiger partial charge in [-0.1, -0.05) is 0 Å². The number of carbonyl (C=O) groups is 1. The number of carbonyl (C=O) groups excluding carboxylic acids is 1. The first kappa shape index (κ1) is 11.2. The van der Waals surface area contributed by atoms with Gasteiger partial charge in [-0.25, -0.2) is 0 Å². The monoisotopic (exact) mass is 222 g/mol. The van der Waals surface area contributed by atoms with E-state index in [-0.39, 0.29) is 11.5 Å². The van der Waals surface area contributed by atoms with Crippen molar-refractivity contribution in [2.75, 3.05) is 19.8 Å². The molecule has 0 amide bonds. The van der Waals surface area contributed by atoms with E-state index in [0.717, 1.165) is 6.61 Å². The zero-order valence-electron chi connectivity index (χ0n) is 8.01. The van der Waals surface area contributed by atoms with Crippen LogP contribution in [0, 0.1) is 0 Å². The van der Waals surface area contributed by atoms with Crippen LogP contribution in [0.15, 0.2) is 0 Å². The van der Waals surface area contributed by atoms with Crippen molar-refractivity contribution in [3.8, 4) is 0 Å². The molecular formula is C8H15ClO3Si. The number of ether oxygens (including phenoxy) is 2. The Hall–Kier alpha value is 0.0969. The smallest absolute Gasteiger partial charge is 0.224 e. The SMILES string of the molecule is C[Si](C)(Cl)C(=O)CCOCC1CO1. The highest BCUT2D eigenvalue weighted by Gasteiger charge is 2.27. The Morgan fingerprint density at radius 1 is 1.69 bits per heavy atom. The highest BCUT2D eigenvalue weighted by atomic mass is 35.6. The summed E-state index contributed by atoms with van der Waals surface area (Å²) < 4.78 is 10.2. The Balaban J connectivity index is 2.00. The Morgan fingerprint density at radius 3 is 2.77 bits per heavy atom. The number of hydrogen-bond donors (Lipinski definition) is 0. The van der Waals surface area contributed by atoms with Crippen molar-refractivity contribution in [1.29, 1.82) is 0 Å². The molecule has 1 aliphatic heterocycles. The summed E-state index contributed by atoms with van der Waals surface area (Å²) in [6.45, 7) is 5.55. The van der Waals surface area contributed by atoms with Gasteiger partial charge in [-0.2, -0.15) is 11.1 Å². The Morgan fingerprint density at radius 2 is 2.31 bits per heavy atom. The lowest BCUT2D eigenvalue weighted by molar-refractivity contribution is -0.113. The average molecular weight is 223 g/mol. The van der Waals surface area contributed by atoms with Gasteiger partial charge in [0.1, 0.15) is 11.5 Å². The van der Waals surface area contributed by atoms with Gasteiger partial charge in [-0.05, 0) is 13.1 Å². The second-order valence-corrected chi connectivity index (χ2v) is 10.0. The van der Waals surface area contributed by atoms with Crippen molar-refractivity contribution in [1.82, 2.24) is 0 Å².